The molecule has 0 aliphatic heterocycles. The number of unbranched alkanes of at least 4 members (excludes halogenated alkanes) is 1. The van der Waals surface area contributed by atoms with Crippen molar-refractivity contribution in [2.24, 2.45) is 0 Å². The molecule has 106 valence electrons. The average Bonchev–Trinajstić information content (AvgIpc) is 2.47. The minimum absolute atomic E-state index is 0.197. The van der Waals surface area contributed by atoms with E-state index in [0.29, 0.717) is 17.4 Å². The van der Waals surface area contributed by atoms with Crippen molar-refractivity contribution in [2.45, 2.75) is 19.8 Å². The van der Waals surface area contributed by atoms with Crippen molar-refractivity contribution in [1.82, 2.24) is 0 Å². The number of carbonyl (C=O) groups excluding carboxylic acids is 1. The summed E-state index contributed by atoms with van der Waals surface area (Å²) < 4.78 is 24.3. The van der Waals surface area contributed by atoms with Crippen molar-refractivity contribution in [3.63, 3.8) is 0 Å². The molecule has 0 aliphatic carbocycles. The number of esters is 1. The van der Waals surface area contributed by atoms with Crippen LogP contribution in [0.2, 0.25) is 0 Å². The number of halogens is 1. The Labute approximate surface area is 117 Å². The number of fused-ring (bicyclic) bond motifs is 1. The predicted octanol–water partition coefficient (Wildman–Crippen LogP) is 3.94. The molecule has 0 atom stereocenters. The van der Waals surface area contributed by atoms with Crippen LogP contribution in [0.25, 0.3) is 10.8 Å². The summed E-state index contributed by atoms with van der Waals surface area (Å²) in [5.74, 6) is -0.697. The fraction of sp³-hybridized carbons (Fsp3) is 0.312. The van der Waals surface area contributed by atoms with E-state index in [-0.39, 0.29) is 11.3 Å². The molecule has 0 amide bonds. The van der Waals surface area contributed by atoms with E-state index in [0.717, 1.165) is 12.8 Å². The van der Waals surface area contributed by atoms with Crippen LogP contribution in [0.4, 0.5) is 4.39 Å². The summed E-state index contributed by atoms with van der Waals surface area (Å²) in [6, 6.07) is 8.02. The Bertz CT molecular complexity index is 622. The molecule has 2 aromatic rings. The highest BCUT2D eigenvalue weighted by molar-refractivity contribution is 6.07. The molecule has 20 heavy (non-hydrogen) atoms. The third-order valence-corrected chi connectivity index (χ3v) is 3.11. The van der Waals surface area contributed by atoms with Gasteiger partial charge in [0.2, 0.25) is 0 Å². The van der Waals surface area contributed by atoms with E-state index in [9.17, 15) is 9.18 Å². The summed E-state index contributed by atoms with van der Waals surface area (Å²) in [7, 11) is 1.41. The first kappa shape index (κ1) is 14.3. The van der Waals surface area contributed by atoms with E-state index in [2.05, 4.69) is 0 Å². The molecule has 2 aromatic carbocycles. The van der Waals surface area contributed by atoms with Gasteiger partial charge in [-0.05, 0) is 6.42 Å². The van der Waals surface area contributed by atoms with Crippen molar-refractivity contribution in [1.29, 1.82) is 0 Å². The summed E-state index contributed by atoms with van der Waals surface area (Å²) in [6.45, 7) is 2.37. The van der Waals surface area contributed by atoms with Crippen molar-refractivity contribution < 1.29 is 18.7 Å². The highest BCUT2D eigenvalue weighted by atomic mass is 19.1. The van der Waals surface area contributed by atoms with E-state index in [1.54, 1.807) is 24.3 Å². The monoisotopic (exact) mass is 276 g/mol. The van der Waals surface area contributed by atoms with Crippen LogP contribution < -0.4 is 4.74 Å². The first-order valence-corrected chi connectivity index (χ1v) is 6.61. The van der Waals surface area contributed by atoms with Crippen molar-refractivity contribution >= 4 is 16.7 Å². The van der Waals surface area contributed by atoms with Crippen LogP contribution in [0, 0.1) is 5.82 Å². The lowest BCUT2D eigenvalue weighted by atomic mass is 10.0. The maximum atomic E-state index is 14.0. The SMILES string of the molecule is CCCCOC(=O)c1c(OC)cc(F)c2ccccc12. The molecule has 0 N–H and O–H groups in total. The predicted molar refractivity (Wildman–Crippen MR) is 75.6 cm³/mol. The van der Waals surface area contributed by atoms with Gasteiger partial charge in [-0.25, -0.2) is 9.18 Å². The van der Waals surface area contributed by atoms with E-state index in [4.69, 9.17) is 9.47 Å². The number of ether oxygens (including phenoxy) is 2. The molecule has 0 aromatic heterocycles. The molecule has 0 unspecified atom stereocenters. The fourth-order valence-corrected chi connectivity index (χ4v) is 2.06. The molecule has 0 bridgehead atoms. The number of hydrogen-bond acceptors (Lipinski definition) is 3. The van der Waals surface area contributed by atoms with E-state index < -0.39 is 11.8 Å². The highest BCUT2D eigenvalue weighted by Gasteiger charge is 2.20. The average molecular weight is 276 g/mol. The molecule has 0 heterocycles. The lowest BCUT2D eigenvalue weighted by Gasteiger charge is -2.12. The summed E-state index contributed by atoms with van der Waals surface area (Å²) in [4.78, 5) is 12.2. The van der Waals surface area contributed by atoms with Crippen molar-refractivity contribution in [3.8, 4) is 5.75 Å². The Morgan fingerprint density at radius 1 is 1.25 bits per heavy atom. The topological polar surface area (TPSA) is 35.5 Å². The maximum Gasteiger partial charge on any atom is 0.342 e. The van der Waals surface area contributed by atoms with Crippen LogP contribution in [-0.4, -0.2) is 19.7 Å². The van der Waals surface area contributed by atoms with E-state index in [1.807, 2.05) is 6.92 Å². The van der Waals surface area contributed by atoms with Crippen LogP contribution >= 0.6 is 0 Å². The minimum Gasteiger partial charge on any atom is -0.496 e. The van der Waals surface area contributed by atoms with Crippen molar-refractivity contribution in [2.75, 3.05) is 13.7 Å². The number of methoxy groups -OCH3 is 1. The first-order chi connectivity index (χ1) is 9.69. The Balaban J connectivity index is 2.49. The number of carbonyl (C=O) groups is 1. The zero-order valence-corrected chi connectivity index (χ0v) is 11.6. The molecule has 0 aliphatic rings. The number of hydrogen-bond donors (Lipinski definition) is 0. The number of rotatable bonds is 5. The van der Waals surface area contributed by atoms with E-state index >= 15 is 0 Å². The van der Waals surface area contributed by atoms with E-state index in [1.165, 1.54) is 13.2 Å². The zero-order chi connectivity index (χ0) is 14.5. The lowest BCUT2D eigenvalue weighted by Crippen LogP contribution is -2.09. The van der Waals surface area contributed by atoms with Gasteiger partial charge >= 0.3 is 5.97 Å². The molecule has 0 spiro atoms. The molecule has 2 rings (SSSR count). The van der Waals surface area contributed by atoms with Gasteiger partial charge < -0.3 is 9.47 Å². The Morgan fingerprint density at radius 3 is 2.60 bits per heavy atom. The van der Waals surface area contributed by atoms with Crippen LogP contribution in [0.1, 0.15) is 30.1 Å². The normalized spacial score (nSPS) is 10.6. The molecule has 4 heteroatoms. The third kappa shape index (κ3) is 2.74. The van der Waals surface area contributed by atoms with Gasteiger partial charge in [-0.15, -0.1) is 0 Å². The molecular weight excluding hydrogens is 259 g/mol. The van der Waals surface area contributed by atoms with Gasteiger partial charge in [-0.2, -0.15) is 0 Å². The van der Waals surface area contributed by atoms with Gasteiger partial charge in [0.1, 0.15) is 17.1 Å². The summed E-state index contributed by atoms with van der Waals surface area (Å²) >= 11 is 0. The largest absolute Gasteiger partial charge is 0.496 e. The maximum absolute atomic E-state index is 14.0. The third-order valence-electron chi connectivity index (χ3n) is 3.11. The van der Waals surface area contributed by atoms with Gasteiger partial charge in [-0.3, -0.25) is 0 Å². The molecule has 0 radical (unpaired) electrons. The molecule has 0 fully saturated rings. The Morgan fingerprint density at radius 2 is 1.95 bits per heavy atom. The van der Waals surface area contributed by atoms with Gasteiger partial charge in [0, 0.05) is 16.8 Å². The molecule has 0 saturated heterocycles. The van der Waals surface area contributed by atoms with Gasteiger partial charge in [0.15, 0.2) is 0 Å². The smallest absolute Gasteiger partial charge is 0.342 e. The second-order valence-corrected chi connectivity index (χ2v) is 4.47. The quantitative estimate of drug-likeness (QED) is 0.613. The molecule has 3 nitrogen and oxygen atoms in total. The Hall–Kier alpha value is -2.10. The first-order valence-electron chi connectivity index (χ1n) is 6.61. The second kappa shape index (κ2) is 6.37. The Kier molecular flexibility index (Phi) is 4.56. The zero-order valence-electron chi connectivity index (χ0n) is 11.6. The van der Waals surface area contributed by atoms with Crippen molar-refractivity contribution in [3.05, 3.63) is 41.7 Å². The van der Waals surface area contributed by atoms with Crippen LogP contribution in [-0.2, 0) is 4.74 Å². The standard InChI is InChI=1S/C16H17FO3/c1-3-4-9-20-16(18)15-12-8-6-5-7-11(12)13(17)10-14(15)19-2/h5-8,10H,3-4,9H2,1-2H3. The van der Waals surface area contributed by atoms with Gasteiger partial charge in [-0.1, -0.05) is 37.6 Å². The van der Waals surface area contributed by atoms with Gasteiger partial charge in [0.05, 0.1) is 13.7 Å². The highest BCUT2D eigenvalue weighted by Crippen LogP contribution is 2.31. The second-order valence-electron chi connectivity index (χ2n) is 4.47. The summed E-state index contributed by atoms with van der Waals surface area (Å²) in [5.41, 5.74) is 0.278. The molecular formula is C16H17FO3. The molecule has 0 saturated carbocycles. The fourth-order valence-electron chi connectivity index (χ4n) is 2.06. The van der Waals surface area contributed by atoms with Crippen LogP contribution in [0.5, 0.6) is 5.75 Å². The summed E-state index contributed by atoms with van der Waals surface area (Å²) in [5, 5.41) is 0.890. The van der Waals surface area contributed by atoms with Gasteiger partial charge in [0.25, 0.3) is 0 Å². The minimum atomic E-state index is -0.480. The van der Waals surface area contributed by atoms with Crippen LogP contribution in [0.3, 0.4) is 0 Å². The number of benzene rings is 2. The van der Waals surface area contributed by atoms with Crippen LogP contribution in [0.15, 0.2) is 30.3 Å². The lowest BCUT2D eigenvalue weighted by molar-refractivity contribution is 0.0498. The summed E-state index contributed by atoms with van der Waals surface area (Å²) in [6.07, 6.45) is 1.74.